The molecule has 1 atom stereocenters. The number of amides is 2. The Kier molecular flexibility index (Phi) is 5.82. The number of nitrogens with zero attached hydrogens (tertiary/aromatic N) is 1. The fraction of sp³-hybridized carbons (Fsp3) is 0.619. The van der Waals surface area contributed by atoms with Crippen LogP contribution in [0.1, 0.15) is 68.4 Å². The number of ether oxygens (including phenoxy) is 1. The van der Waals surface area contributed by atoms with Gasteiger partial charge >= 0.3 is 5.97 Å². The minimum absolute atomic E-state index is 0.195. The van der Waals surface area contributed by atoms with Crippen LogP contribution < -0.4 is 16.2 Å². The van der Waals surface area contributed by atoms with Crippen LogP contribution in [0.3, 0.4) is 0 Å². The molecule has 2 aliphatic rings. The molecule has 1 aromatic heterocycles. The van der Waals surface area contributed by atoms with Gasteiger partial charge in [-0.2, -0.15) is 0 Å². The topological polar surface area (TPSA) is 109 Å². The smallest absolute Gasteiger partial charge is 0.311 e. The molecule has 0 aromatic carbocycles. The molecule has 0 aliphatic heterocycles. The lowest BCUT2D eigenvalue weighted by atomic mass is 9.81. The fourth-order valence-corrected chi connectivity index (χ4v) is 4.55. The van der Waals surface area contributed by atoms with Gasteiger partial charge in [0.15, 0.2) is 0 Å². The van der Waals surface area contributed by atoms with Crippen LogP contribution in [0.15, 0.2) is 12.3 Å². The number of nitrogens with one attached hydrogen (secondary N) is 3. The molecular formula is C21H30N4O4. The number of aryl methyl sites for hydroxylation is 1. The Morgan fingerprint density at radius 1 is 1.17 bits per heavy atom. The summed E-state index contributed by atoms with van der Waals surface area (Å²) in [6.07, 6.45) is 5.42. The maximum Gasteiger partial charge on any atom is 0.311 e. The zero-order valence-electron chi connectivity index (χ0n) is 17.6. The Morgan fingerprint density at radius 2 is 1.83 bits per heavy atom. The number of aromatic nitrogens is 1. The van der Waals surface area contributed by atoms with Crippen LogP contribution in [-0.4, -0.2) is 35.9 Å². The van der Waals surface area contributed by atoms with Crippen molar-refractivity contribution in [2.75, 3.05) is 12.4 Å². The Hall–Kier alpha value is -2.64. The second-order valence-electron chi connectivity index (χ2n) is 8.46. The van der Waals surface area contributed by atoms with Crippen LogP contribution >= 0.6 is 0 Å². The van der Waals surface area contributed by atoms with E-state index in [0.29, 0.717) is 43.4 Å². The van der Waals surface area contributed by atoms with E-state index in [2.05, 4.69) is 28.1 Å². The largest absolute Gasteiger partial charge is 0.469 e. The van der Waals surface area contributed by atoms with Crippen molar-refractivity contribution in [3.05, 3.63) is 23.5 Å². The minimum Gasteiger partial charge on any atom is -0.469 e. The highest BCUT2D eigenvalue weighted by Gasteiger charge is 2.61. The van der Waals surface area contributed by atoms with Crippen LogP contribution in [0.2, 0.25) is 0 Å². The summed E-state index contributed by atoms with van der Waals surface area (Å²) in [4.78, 5) is 41.9. The molecule has 8 heteroatoms. The molecule has 2 saturated carbocycles. The third-order valence-corrected chi connectivity index (χ3v) is 6.53. The molecule has 1 aromatic rings. The van der Waals surface area contributed by atoms with Crippen molar-refractivity contribution in [3.8, 4) is 0 Å². The Morgan fingerprint density at radius 3 is 2.45 bits per heavy atom. The highest BCUT2D eigenvalue weighted by molar-refractivity contribution is 6.00. The predicted molar refractivity (Wildman–Crippen MR) is 108 cm³/mol. The summed E-state index contributed by atoms with van der Waals surface area (Å²) in [5.41, 5.74) is 5.78. The molecule has 2 fully saturated rings. The lowest BCUT2D eigenvalue weighted by Crippen LogP contribution is -2.48. The Bertz CT molecular complexity index is 815. The van der Waals surface area contributed by atoms with Crippen molar-refractivity contribution < 1.29 is 19.1 Å². The summed E-state index contributed by atoms with van der Waals surface area (Å²) in [7, 11) is 1.39. The summed E-state index contributed by atoms with van der Waals surface area (Å²) in [5, 5.41) is 3.31. The second kappa shape index (κ2) is 8.00. The Balaban J connectivity index is 1.66. The Labute approximate surface area is 171 Å². The highest BCUT2D eigenvalue weighted by Crippen LogP contribution is 2.62. The minimum atomic E-state index is -0.620. The molecule has 2 bridgehead atoms. The monoisotopic (exact) mass is 402 g/mol. The number of fused-ring (bicyclic) bond motifs is 2. The third-order valence-electron chi connectivity index (χ3n) is 6.53. The average molecular weight is 402 g/mol. The summed E-state index contributed by atoms with van der Waals surface area (Å²) >= 11 is 0. The number of esters is 1. The molecule has 1 heterocycles. The van der Waals surface area contributed by atoms with Crippen LogP contribution in [0.4, 0.5) is 5.69 Å². The average Bonchev–Trinajstić information content (AvgIpc) is 3.30. The number of methoxy groups -OCH3 is 1. The summed E-state index contributed by atoms with van der Waals surface area (Å²) < 4.78 is 4.95. The van der Waals surface area contributed by atoms with Crippen LogP contribution in [0.5, 0.6) is 0 Å². The van der Waals surface area contributed by atoms with Gasteiger partial charge in [0.1, 0.15) is 0 Å². The summed E-state index contributed by atoms with van der Waals surface area (Å²) in [6, 6.07) is 2.01. The maximum absolute atomic E-state index is 12.9. The molecule has 158 valence electrons. The first kappa shape index (κ1) is 21.1. The molecule has 29 heavy (non-hydrogen) atoms. The van der Waals surface area contributed by atoms with E-state index in [4.69, 9.17) is 4.74 Å². The normalized spacial score (nSPS) is 25.9. The first-order chi connectivity index (χ1) is 13.7. The van der Waals surface area contributed by atoms with Crippen molar-refractivity contribution in [2.24, 2.45) is 10.8 Å². The second-order valence-corrected chi connectivity index (χ2v) is 8.46. The van der Waals surface area contributed by atoms with E-state index in [1.165, 1.54) is 13.3 Å². The van der Waals surface area contributed by atoms with Crippen molar-refractivity contribution >= 4 is 23.5 Å². The molecule has 2 amide bonds. The zero-order valence-corrected chi connectivity index (χ0v) is 17.6. The van der Waals surface area contributed by atoms with E-state index in [9.17, 15) is 14.4 Å². The first-order valence-corrected chi connectivity index (χ1v) is 10.2. The molecule has 2 aliphatic carbocycles. The van der Waals surface area contributed by atoms with E-state index in [1.54, 1.807) is 0 Å². The molecule has 0 saturated heterocycles. The molecule has 3 N–H and O–H groups in total. The summed E-state index contributed by atoms with van der Waals surface area (Å²) in [6.45, 7) is 5.95. The van der Waals surface area contributed by atoms with Crippen molar-refractivity contribution in [1.29, 1.82) is 0 Å². The van der Waals surface area contributed by atoms with Gasteiger partial charge in [-0.15, -0.1) is 0 Å². The van der Waals surface area contributed by atoms with Crippen LogP contribution in [0.25, 0.3) is 0 Å². The highest BCUT2D eigenvalue weighted by atomic mass is 16.5. The number of carbonyl (C=O) groups excluding carboxylic acids is 3. The fourth-order valence-electron chi connectivity index (χ4n) is 4.55. The number of hydrogen-bond acceptors (Lipinski definition) is 6. The number of pyridine rings is 1. The van der Waals surface area contributed by atoms with Gasteiger partial charge < -0.3 is 10.1 Å². The quantitative estimate of drug-likeness (QED) is 0.498. The molecule has 1 unspecified atom stereocenters. The van der Waals surface area contributed by atoms with Gasteiger partial charge in [0, 0.05) is 17.9 Å². The number of carbonyl (C=O) groups is 3. The van der Waals surface area contributed by atoms with E-state index < -0.39 is 16.7 Å². The van der Waals surface area contributed by atoms with E-state index in [0.717, 1.165) is 12.1 Å². The van der Waals surface area contributed by atoms with Crippen LogP contribution in [0, 0.1) is 17.8 Å². The number of hydrazine groups is 1. The van der Waals surface area contributed by atoms with Crippen molar-refractivity contribution in [1.82, 2.24) is 15.8 Å². The number of anilines is 1. The first-order valence-electron chi connectivity index (χ1n) is 10.2. The number of rotatable bonds is 6. The van der Waals surface area contributed by atoms with Gasteiger partial charge in [0.05, 0.1) is 29.2 Å². The molecular weight excluding hydrogens is 372 g/mol. The van der Waals surface area contributed by atoms with Gasteiger partial charge in [-0.25, -0.2) is 0 Å². The summed E-state index contributed by atoms with van der Waals surface area (Å²) in [5.74, 6) is -0.908. The lowest BCUT2D eigenvalue weighted by Gasteiger charge is -2.25. The molecule has 0 radical (unpaired) electrons. The van der Waals surface area contributed by atoms with E-state index >= 15 is 0 Å². The predicted octanol–water partition coefficient (Wildman–Crippen LogP) is 2.48. The van der Waals surface area contributed by atoms with Gasteiger partial charge in [-0.3, -0.25) is 30.2 Å². The molecule has 8 nitrogen and oxygen atoms in total. The van der Waals surface area contributed by atoms with Gasteiger partial charge in [-0.05, 0) is 58.4 Å². The molecule has 0 spiro atoms. The van der Waals surface area contributed by atoms with Crippen molar-refractivity contribution in [2.45, 2.75) is 65.3 Å². The van der Waals surface area contributed by atoms with E-state index in [1.807, 2.05) is 19.9 Å². The SMILES string of the molecule is CCC(C)Nc1cc(C)ncc1C(=O)NNC(=O)C12CCC(C(=O)OC)(CC1)C2. The van der Waals surface area contributed by atoms with E-state index in [-0.39, 0.29) is 17.9 Å². The van der Waals surface area contributed by atoms with Gasteiger partial charge in [-0.1, -0.05) is 6.92 Å². The van der Waals surface area contributed by atoms with Crippen molar-refractivity contribution in [3.63, 3.8) is 0 Å². The molecule has 3 rings (SSSR count). The van der Waals surface area contributed by atoms with Crippen LogP contribution in [-0.2, 0) is 14.3 Å². The van der Waals surface area contributed by atoms with Gasteiger partial charge in [0.2, 0.25) is 5.91 Å². The third kappa shape index (κ3) is 3.93. The van der Waals surface area contributed by atoms with Gasteiger partial charge in [0.25, 0.3) is 5.91 Å². The lowest BCUT2D eigenvalue weighted by molar-refractivity contribution is -0.152. The standard InChI is InChI=1S/C21H30N4O4/c1-5-13(2)23-16-10-14(3)22-11-15(16)17(26)24-25-18(27)20-6-8-21(12-20,9-7-20)19(28)29-4/h10-11,13H,5-9,12H2,1-4H3,(H,22,23)(H,24,26)(H,25,27). The maximum atomic E-state index is 12.9. The number of hydrogen-bond donors (Lipinski definition) is 3. The zero-order chi connectivity index (χ0) is 21.2.